The van der Waals surface area contributed by atoms with E-state index in [0.717, 1.165) is 11.3 Å². The van der Waals surface area contributed by atoms with Crippen molar-refractivity contribution in [3.8, 4) is 5.75 Å². The molecule has 6 nitrogen and oxygen atoms in total. The van der Waals surface area contributed by atoms with Gasteiger partial charge in [-0.2, -0.15) is 5.10 Å². The number of methoxy groups -OCH3 is 1. The minimum atomic E-state index is -0.202. The molecule has 0 aliphatic carbocycles. The lowest BCUT2D eigenvalue weighted by atomic mass is 10.1. The number of rotatable bonds is 5. The SMILES string of the molecule is COc1ccccc1C(=O)Nc1ccc(Cn2cncn2)cc1. The quantitative estimate of drug-likeness (QED) is 0.786. The van der Waals surface area contributed by atoms with Crippen LogP contribution in [-0.4, -0.2) is 27.8 Å². The summed E-state index contributed by atoms with van der Waals surface area (Å²) in [6, 6.07) is 14.7. The summed E-state index contributed by atoms with van der Waals surface area (Å²) in [6.45, 7) is 0.640. The van der Waals surface area contributed by atoms with Crippen molar-refractivity contribution in [2.75, 3.05) is 12.4 Å². The first-order chi connectivity index (χ1) is 11.3. The molecule has 2 aromatic carbocycles. The van der Waals surface area contributed by atoms with Gasteiger partial charge in [-0.05, 0) is 29.8 Å². The lowest BCUT2D eigenvalue weighted by Crippen LogP contribution is -2.13. The molecule has 1 N–H and O–H groups in total. The zero-order valence-electron chi connectivity index (χ0n) is 12.6. The molecule has 1 heterocycles. The molecule has 0 saturated heterocycles. The Labute approximate surface area is 133 Å². The first kappa shape index (κ1) is 14.8. The maximum atomic E-state index is 12.3. The van der Waals surface area contributed by atoms with Crippen LogP contribution in [0.1, 0.15) is 15.9 Å². The number of nitrogens with zero attached hydrogens (tertiary/aromatic N) is 3. The standard InChI is InChI=1S/C17H16N4O2/c1-23-16-5-3-2-4-15(16)17(22)20-14-8-6-13(7-9-14)10-21-12-18-11-19-21/h2-9,11-12H,10H2,1H3,(H,20,22). The van der Waals surface area contributed by atoms with E-state index in [2.05, 4.69) is 15.4 Å². The van der Waals surface area contributed by atoms with Gasteiger partial charge in [-0.15, -0.1) is 0 Å². The highest BCUT2D eigenvalue weighted by Crippen LogP contribution is 2.19. The van der Waals surface area contributed by atoms with Crippen molar-refractivity contribution in [2.45, 2.75) is 6.54 Å². The molecule has 0 spiro atoms. The topological polar surface area (TPSA) is 69.0 Å². The lowest BCUT2D eigenvalue weighted by Gasteiger charge is -2.09. The van der Waals surface area contributed by atoms with Crippen molar-refractivity contribution >= 4 is 11.6 Å². The number of carbonyl (C=O) groups is 1. The van der Waals surface area contributed by atoms with Gasteiger partial charge < -0.3 is 10.1 Å². The van der Waals surface area contributed by atoms with Gasteiger partial charge in [0.05, 0.1) is 19.2 Å². The molecular formula is C17H16N4O2. The largest absolute Gasteiger partial charge is 0.496 e. The van der Waals surface area contributed by atoms with Gasteiger partial charge in [0.15, 0.2) is 0 Å². The van der Waals surface area contributed by atoms with E-state index in [1.807, 2.05) is 30.3 Å². The predicted octanol–water partition coefficient (Wildman–Crippen LogP) is 2.59. The van der Waals surface area contributed by atoms with Crippen molar-refractivity contribution < 1.29 is 9.53 Å². The van der Waals surface area contributed by atoms with Crippen LogP contribution in [0.25, 0.3) is 0 Å². The summed E-state index contributed by atoms with van der Waals surface area (Å²) in [5, 5.41) is 6.93. The van der Waals surface area contributed by atoms with Crippen LogP contribution in [0.3, 0.4) is 0 Å². The molecule has 3 aromatic rings. The molecule has 0 bridgehead atoms. The second-order valence-electron chi connectivity index (χ2n) is 4.94. The van der Waals surface area contributed by atoms with Gasteiger partial charge in [0.1, 0.15) is 18.4 Å². The number of benzene rings is 2. The van der Waals surface area contributed by atoms with Crippen LogP contribution in [0, 0.1) is 0 Å². The Morgan fingerprint density at radius 1 is 1.17 bits per heavy atom. The molecule has 1 amide bonds. The number of aromatic nitrogens is 3. The van der Waals surface area contributed by atoms with Crippen molar-refractivity contribution in [1.82, 2.24) is 14.8 Å². The molecule has 116 valence electrons. The van der Waals surface area contributed by atoms with Crippen LogP contribution >= 0.6 is 0 Å². The summed E-state index contributed by atoms with van der Waals surface area (Å²) in [5.41, 5.74) is 2.30. The summed E-state index contributed by atoms with van der Waals surface area (Å²) in [5.74, 6) is 0.347. The van der Waals surface area contributed by atoms with Crippen LogP contribution in [0.2, 0.25) is 0 Å². The summed E-state index contributed by atoms with van der Waals surface area (Å²) >= 11 is 0. The molecule has 0 aliphatic rings. The Hall–Kier alpha value is -3.15. The van der Waals surface area contributed by atoms with Crippen LogP contribution in [-0.2, 0) is 6.54 Å². The van der Waals surface area contributed by atoms with Gasteiger partial charge in [0.2, 0.25) is 0 Å². The number of nitrogens with one attached hydrogen (secondary N) is 1. The predicted molar refractivity (Wildman–Crippen MR) is 86.5 cm³/mol. The molecule has 0 radical (unpaired) electrons. The number of ether oxygens (including phenoxy) is 1. The number of hydrogen-bond acceptors (Lipinski definition) is 4. The molecule has 23 heavy (non-hydrogen) atoms. The van der Waals surface area contributed by atoms with E-state index in [9.17, 15) is 4.79 Å². The molecule has 3 rings (SSSR count). The normalized spacial score (nSPS) is 10.3. The van der Waals surface area contributed by atoms with E-state index < -0.39 is 0 Å². The van der Waals surface area contributed by atoms with Gasteiger partial charge in [-0.1, -0.05) is 24.3 Å². The fourth-order valence-corrected chi connectivity index (χ4v) is 2.23. The van der Waals surface area contributed by atoms with Crippen LogP contribution in [0.4, 0.5) is 5.69 Å². The number of anilines is 1. The molecule has 0 aliphatic heterocycles. The summed E-state index contributed by atoms with van der Waals surface area (Å²) in [7, 11) is 1.55. The second-order valence-corrected chi connectivity index (χ2v) is 4.94. The van der Waals surface area contributed by atoms with E-state index in [4.69, 9.17) is 4.74 Å². The van der Waals surface area contributed by atoms with E-state index in [-0.39, 0.29) is 5.91 Å². The second kappa shape index (κ2) is 6.74. The van der Waals surface area contributed by atoms with Crippen molar-refractivity contribution in [3.05, 3.63) is 72.3 Å². The van der Waals surface area contributed by atoms with Crippen molar-refractivity contribution in [3.63, 3.8) is 0 Å². The number of amides is 1. The minimum Gasteiger partial charge on any atom is -0.496 e. The van der Waals surface area contributed by atoms with Crippen LogP contribution in [0.5, 0.6) is 5.75 Å². The highest BCUT2D eigenvalue weighted by molar-refractivity contribution is 6.06. The zero-order valence-corrected chi connectivity index (χ0v) is 12.6. The minimum absolute atomic E-state index is 0.202. The molecule has 0 saturated carbocycles. The highest BCUT2D eigenvalue weighted by Gasteiger charge is 2.11. The van der Waals surface area contributed by atoms with E-state index in [0.29, 0.717) is 17.9 Å². The van der Waals surface area contributed by atoms with Crippen LogP contribution in [0.15, 0.2) is 61.2 Å². The summed E-state index contributed by atoms with van der Waals surface area (Å²) in [6.07, 6.45) is 3.17. The molecule has 0 unspecified atom stereocenters. The Bertz CT molecular complexity index is 783. The third-order valence-corrected chi connectivity index (χ3v) is 3.37. The van der Waals surface area contributed by atoms with Gasteiger partial charge in [0, 0.05) is 5.69 Å². The number of para-hydroxylation sites is 1. The lowest BCUT2D eigenvalue weighted by molar-refractivity contribution is 0.102. The first-order valence-electron chi connectivity index (χ1n) is 7.12. The zero-order chi connectivity index (χ0) is 16.1. The highest BCUT2D eigenvalue weighted by atomic mass is 16.5. The van der Waals surface area contributed by atoms with Gasteiger partial charge in [-0.25, -0.2) is 9.67 Å². The van der Waals surface area contributed by atoms with Gasteiger partial charge in [0.25, 0.3) is 5.91 Å². The first-order valence-corrected chi connectivity index (χ1v) is 7.12. The maximum absolute atomic E-state index is 12.3. The van der Waals surface area contributed by atoms with E-state index >= 15 is 0 Å². The number of carbonyl (C=O) groups excluding carboxylic acids is 1. The fraction of sp³-hybridized carbons (Fsp3) is 0.118. The Kier molecular flexibility index (Phi) is 4.33. The van der Waals surface area contributed by atoms with Crippen molar-refractivity contribution in [2.24, 2.45) is 0 Å². The maximum Gasteiger partial charge on any atom is 0.259 e. The number of hydrogen-bond donors (Lipinski definition) is 1. The summed E-state index contributed by atoms with van der Waals surface area (Å²) in [4.78, 5) is 16.2. The molecule has 0 atom stereocenters. The summed E-state index contributed by atoms with van der Waals surface area (Å²) < 4.78 is 6.94. The monoisotopic (exact) mass is 308 g/mol. The van der Waals surface area contributed by atoms with Gasteiger partial charge in [-0.3, -0.25) is 4.79 Å². The van der Waals surface area contributed by atoms with Crippen LogP contribution < -0.4 is 10.1 Å². The average Bonchev–Trinajstić information content (AvgIpc) is 3.09. The Morgan fingerprint density at radius 3 is 2.65 bits per heavy atom. The third kappa shape index (κ3) is 3.55. The fourth-order valence-electron chi connectivity index (χ4n) is 2.23. The third-order valence-electron chi connectivity index (χ3n) is 3.37. The molecule has 1 aromatic heterocycles. The van der Waals surface area contributed by atoms with E-state index in [1.54, 1.807) is 36.3 Å². The average molecular weight is 308 g/mol. The van der Waals surface area contributed by atoms with E-state index in [1.165, 1.54) is 6.33 Å². The smallest absolute Gasteiger partial charge is 0.259 e. The Morgan fingerprint density at radius 2 is 1.96 bits per heavy atom. The molecule has 6 heteroatoms. The molecular weight excluding hydrogens is 292 g/mol. The van der Waals surface area contributed by atoms with Crippen molar-refractivity contribution in [1.29, 1.82) is 0 Å². The van der Waals surface area contributed by atoms with Gasteiger partial charge >= 0.3 is 0 Å². The Balaban J connectivity index is 1.69. The molecule has 0 fully saturated rings.